The monoisotopic (exact) mass is 625 g/mol. The van der Waals surface area contributed by atoms with Crippen LogP contribution in [0.2, 0.25) is 0 Å². The average molecular weight is 626 g/mol. The number of methoxy groups -OCH3 is 2. The Labute approximate surface area is 255 Å². The van der Waals surface area contributed by atoms with Gasteiger partial charge in [0.1, 0.15) is 11.7 Å². The number of nitrogens with one attached hydrogen (secondary N) is 2. The Bertz CT molecular complexity index is 1680. The van der Waals surface area contributed by atoms with Crippen molar-refractivity contribution < 1.29 is 37.4 Å². The summed E-state index contributed by atoms with van der Waals surface area (Å²) in [7, 11) is -0.837. The van der Waals surface area contributed by atoms with Crippen LogP contribution in [0.4, 0.5) is 16.2 Å². The van der Waals surface area contributed by atoms with E-state index in [4.69, 9.17) is 15.2 Å². The summed E-state index contributed by atoms with van der Waals surface area (Å²) < 4.78 is 37.7. The molecule has 1 aromatic heterocycles. The number of sulfone groups is 1. The van der Waals surface area contributed by atoms with E-state index in [-0.39, 0.29) is 22.2 Å². The fourth-order valence-electron chi connectivity index (χ4n) is 5.18. The smallest absolute Gasteiger partial charge is 0.409 e. The molecule has 2 aromatic carbocycles. The van der Waals surface area contributed by atoms with Crippen molar-refractivity contribution in [2.45, 2.75) is 48.9 Å². The van der Waals surface area contributed by atoms with Crippen LogP contribution in [0.1, 0.15) is 60.4 Å². The zero-order valence-corrected chi connectivity index (χ0v) is 25.6. The van der Waals surface area contributed by atoms with Gasteiger partial charge in [0.2, 0.25) is 5.91 Å². The molecular weight excluding hydrogens is 590 g/mol. The van der Waals surface area contributed by atoms with Crippen LogP contribution in [0.3, 0.4) is 0 Å². The van der Waals surface area contributed by atoms with E-state index in [0.717, 1.165) is 0 Å². The van der Waals surface area contributed by atoms with Crippen LogP contribution in [-0.4, -0.2) is 67.3 Å². The van der Waals surface area contributed by atoms with Crippen molar-refractivity contribution in [2.75, 3.05) is 31.4 Å². The minimum absolute atomic E-state index is 0.00108. The van der Waals surface area contributed by atoms with E-state index in [2.05, 4.69) is 15.6 Å². The van der Waals surface area contributed by atoms with Gasteiger partial charge in [-0.1, -0.05) is 6.07 Å². The summed E-state index contributed by atoms with van der Waals surface area (Å²) in [4.78, 5) is 43.3. The van der Waals surface area contributed by atoms with Crippen molar-refractivity contribution in [3.8, 4) is 11.5 Å². The Balaban J connectivity index is 1.83. The summed E-state index contributed by atoms with van der Waals surface area (Å²) in [5.41, 5.74) is 6.83. The molecule has 3 amide bonds. The van der Waals surface area contributed by atoms with E-state index in [0.29, 0.717) is 47.7 Å². The molecule has 13 nitrogen and oxygen atoms in total. The number of amides is 3. The second kappa shape index (κ2) is 13.2. The number of likely N-dealkylation sites (tertiary alicyclic amines) is 1. The van der Waals surface area contributed by atoms with Gasteiger partial charge in [0.05, 0.1) is 30.4 Å². The van der Waals surface area contributed by atoms with Crippen LogP contribution < -0.4 is 25.8 Å². The Hall–Kier alpha value is -4.85. The van der Waals surface area contributed by atoms with Crippen LogP contribution in [0.15, 0.2) is 59.6 Å². The van der Waals surface area contributed by atoms with Crippen molar-refractivity contribution in [3.05, 3.63) is 71.5 Å². The van der Waals surface area contributed by atoms with Crippen LogP contribution in [-0.2, 0) is 14.6 Å². The van der Waals surface area contributed by atoms with Gasteiger partial charge in [-0.2, -0.15) is 0 Å². The van der Waals surface area contributed by atoms with Gasteiger partial charge < -0.3 is 30.5 Å². The van der Waals surface area contributed by atoms with Gasteiger partial charge in [-0.3, -0.25) is 19.9 Å². The first-order valence-corrected chi connectivity index (χ1v) is 15.3. The Morgan fingerprint density at radius 1 is 1.02 bits per heavy atom. The number of benzene rings is 2. The summed E-state index contributed by atoms with van der Waals surface area (Å²) in [5.74, 6) is -0.293. The van der Waals surface area contributed by atoms with Crippen molar-refractivity contribution in [1.29, 1.82) is 0 Å². The number of aromatic nitrogens is 1. The minimum atomic E-state index is -3.80. The average Bonchev–Trinajstić information content (AvgIpc) is 3.49. The van der Waals surface area contributed by atoms with Gasteiger partial charge in [-0.05, 0) is 80.3 Å². The van der Waals surface area contributed by atoms with Crippen LogP contribution in [0.25, 0.3) is 0 Å². The molecule has 4 rings (SSSR count). The van der Waals surface area contributed by atoms with Crippen LogP contribution >= 0.6 is 0 Å². The largest absolute Gasteiger partial charge is 0.493 e. The maximum atomic E-state index is 14.5. The molecule has 0 unspecified atom stereocenters. The van der Waals surface area contributed by atoms with Gasteiger partial charge in [0, 0.05) is 24.1 Å². The fraction of sp³-hybridized carbons (Fsp3) is 0.333. The standard InChI is InChI=1S/C30H35N5O8S/c1-17(2)44(40,41)26-10-8-19(34-30(38)39)15-21(26)23-6-5-13-35(23)29(37)27(18-7-9-24(42-3)25(14-18)43-4)33-20-11-12-32-22(16-20)28(31)36/h7-12,14-17,23,27,34H,5-6,13H2,1-4H3,(H2,31,36)(H,32,33)(H,38,39)/t23-,27-/m1/s1. The highest BCUT2D eigenvalue weighted by molar-refractivity contribution is 7.92. The Morgan fingerprint density at radius 2 is 1.75 bits per heavy atom. The molecule has 234 valence electrons. The van der Waals surface area contributed by atoms with E-state index < -0.39 is 39.2 Å². The molecule has 0 radical (unpaired) electrons. The Morgan fingerprint density at radius 3 is 2.39 bits per heavy atom. The number of anilines is 2. The summed E-state index contributed by atoms with van der Waals surface area (Å²) >= 11 is 0. The molecule has 1 fully saturated rings. The second-order valence-electron chi connectivity index (χ2n) is 10.5. The zero-order valence-electron chi connectivity index (χ0n) is 24.7. The topological polar surface area (TPSA) is 190 Å². The highest BCUT2D eigenvalue weighted by Gasteiger charge is 2.38. The summed E-state index contributed by atoms with van der Waals surface area (Å²) in [5, 5.41) is 14.0. The normalized spacial score (nSPS) is 15.5. The molecule has 0 bridgehead atoms. The lowest BCUT2D eigenvalue weighted by molar-refractivity contribution is -0.133. The number of nitrogens with two attached hydrogens (primary N) is 1. The predicted molar refractivity (Wildman–Crippen MR) is 163 cm³/mol. The number of nitrogens with zero attached hydrogens (tertiary/aromatic N) is 2. The number of carbonyl (C=O) groups is 3. The van der Waals surface area contributed by atoms with Crippen molar-refractivity contribution >= 4 is 39.1 Å². The number of rotatable bonds is 11. The highest BCUT2D eigenvalue weighted by Crippen LogP contribution is 2.40. The second-order valence-corrected chi connectivity index (χ2v) is 12.9. The third-order valence-electron chi connectivity index (χ3n) is 7.39. The molecule has 14 heteroatoms. The lowest BCUT2D eigenvalue weighted by Crippen LogP contribution is -2.38. The van der Waals surface area contributed by atoms with Gasteiger partial charge in [0.25, 0.3) is 5.91 Å². The number of hydrogen-bond donors (Lipinski definition) is 4. The first-order valence-electron chi connectivity index (χ1n) is 13.8. The van der Waals surface area contributed by atoms with Crippen LogP contribution in [0.5, 0.6) is 11.5 Å². The number of primary amides is 1. The number of carboxylic acid groups (broad SMARTS) is 1. The van der Waals surface area contributed by atoms with Gasteiger partial charge in [-0.25, -0.2) is 13.2 Å². The van der Waals surface area contributed by atoms with Crippen molar-refractivity contribution in [3.63, 3.8) is 0 Å². The van der Waals surface area contributed by atoms with Crippen LogP contribution in [0, 0.1) is 0 Å². The predicted octanol–water partition coefficient (Wildman–Crippen LogP) is 3.99. The van der Waals surface area contributed by atoms with E-state index in [1.165, 1.54) is 44.7 Å². The zero-order chi connectivity index (χ0) is 32.2. The molecule has 3 aromatic rings. The first-order chi connectivity index (χ1) is 20.9. The van der Waals surface area contributed by atoms with Gasteiger partial charge in [-0.15, -0.1) is 0 Å². The molecule has 2 atom stereocenters. The third-order valence-corrected chi connectivity index (χ3v) is 9.62. The molecule has 44 heavy (non-hydrogen) atoms. The van der Waals surface area contributed by atoms with Gasteiger partial charge >= 0.3 is 6.09 Å². The first kappa shape index (κ1) is 32.1. The molecule has 1 aliphatic rings. The molecule has 0 spiro atoms. The molecule has 2 heterocycles. The summed E-state index contributed by atoms with van der Waals surface area (Å²) in [6.45, 7) is 3.44. The quantitative estimate of drug-likeness (QED) is 0.242. The van der Waals surface area contributed by atoms with E-state index >= 15 is 0 Å². The maximum Gasteiger partial charge on any atom is 0.409 e. The highest BCUT2D eigenvalue weighted by atomic mass is 32.2. The fourth-order valence-corrected chi connectivity index (χ4v) is 6.47. The van der Waals surface area contributed by atoms with Gasteiger partial charge in [0.15, 0.2) is 21.3 Å². The number of carbonyl (C=O) groups excluding carboxylic acids is 2. The SMILES string of the molecule is COc1ccc([C@@H](Nc2ccnc(C(N)=O)c2)C(=O)N2CCC[C@@H]2c2cc(NC(=O)O)ccc2S(=O)(=O)C(C)C)cc1OC. The molecule has 5 N–H and O–H groups in total. The molecule has 0 aliphatic carbocycles. The third kappa shape index (κ3) is 6.70. The molecule has 0 saturated carbocycles. The lowest BCUT2D eigenvalue weighted by Gasteiger charge is -2.32. The van der Waals surface area contributed by atoms with Crippen molar-refractivity contribution in [2.24, 2.45) is 5.73 Å². The molecular formula is C30H35N5O8S. The Kier molecular flexibility index (Phi) is 9.62. The van der Waals surface area contributed by atoms with E-state index in [9.17, 15) is 27.9 Å². The summed E-state index contributed by atoms with van der Waals surface area (Å²) in [6.07, 6.45) is 1.11. The lowest BCUT2D eigenvalue weighted by atomic mass is 10.0. The molecule has 1 saturated heterocycles. The van der Waals surface area contributed by atoms with E-state index in [1.54, 1.807) is 43.0 Å². The minimum Gasteiger partial charge on any atom is -0.493 e. The molecule has 1 aliphatic heterocycles. The van der Waals surface area contributed by atoms with E-state index in [1.807, 2.05) is 0 Å². The summed E-state index contributed by atoms with van der Waals surface area (Å²) in [6, 6.07) is 10.6. The van der Waals surface area contributed by atoms with Crippen molar-refractivity contribution in [1.82, 2.24) is 9.88 Å². The maximum absolute atomic E-state index is 14.5. The number of ether oxygens (including phenoxy) is 2. The number of hydrogen-bond acceptors (Lipinski definition) is 9. The number of pyridine rings is 1.